The molecule has 1 aliphatic rings. The average Bonchev–Trinajstić information content (AvgIpc) is 2.45. The van der Waals surface area contributed by atoms with Crippen LogP contribution in [0.5, 0.6) is 0 Å². The average molecular weight is 292 g/mol. The number of amides is 1. The van der Waals surface area contributed by atoms with Gasteiger partial charge in [0.05, 0.1) is 18.3 Å². The van der Waals surface area contributed by atoms with Gasteiger partial charge in [0.25, 0.3) is 5.91 Å². The summed E-state index contributed by atoms with van der Waals surface area (Å²) in [6.45, 7) is 5.28. The van der Waals surface area contributed by atoms with Crippen LogP contribution in [0.1, 0.15) is 29.8 Å². The predicted molar refractivity (Wildman–Crippen MR) is 81.1 cm³/mol. The molecule has 0 aliphatic carbocycles. The molecule has 1 aromatic carbocycles. The van der Waals surface area contributed by atoms with E-state index in [1.54, 1.807) is 4.90 Å². The maximum Gasteiger partial charge on any atom is 0.254 e. The van der Waals surface area contributed by atoms with Gasteiger partial charge in [-0.15, -0.1) is 0 Å². The monoisotopic (exact) mass is 292 g/mol. The van der Waals surface area contributed by atoms with Crippen molar-refractivity contribution in [3.8, 4) is 0 Å². The van der Waals surface area contributed by atoms with Crippen LogP contribution < -0.4 is 5.73 Å². The highest BCUT2D eigenvalue weighted by atomic mass is 16.5. The van der Waals surface area contributed by atoms with Crippen LogP contribution in [0.3, 0.4) is 0 Å². The Morgan fingerprint density at radius 3 is 2.95 bits per heavy atom. The summed E-state index contributed by atoms with van der Waals surface area (Å²) in [5.74, 6) is -0.0244. The molecule has 0 radical (unpaired) electrons. The third kappa shape index (κ3) is 4.03. The van der Waals surface area contributed by atoms with Gasteiger partial charge in [0.2, 0.25) is 0 Å². The molecule has 1 fully saturated rings. The van der Waals surface area contributed by atoms with Crippen LogP contribution in [0, 0.1) is 0 Å². The molecular formula is C16H24N2O3. The van der Waals surface area contributed by atoms with E-state index in [9.17, 15) is 9.90 Å². The zero-order chi connectivity index (χ0) is 15.5. The van der Waals surface area contributed by atoms with Gasteiger partial charge in [-0.05, 0) is 44.5 Å². The largest absolute Gasteiger partial charge is 0.394 e. The van der Waals surface area contributed by atoms with E-state index in [-0.39, 0.29) is 18.6 Å². The predicted octanol–water partition coefficient (Wildman–Crippen LogP) is 0.800. The number of carbonyl (C=O) groups is 1. The minimum absolute atomic E-state index is 0.0244. The fourth-order valence-electron chi connectivity index (χ4n) is 2.75. The van der Waals surface area contributed by atoms with E-state index in [0.717, 1.165) is 12.0 Å². The number of aliphatic hydroxyl groups is 1. The first-order valence-corrected chi connectivity index (χ1v) is 7.32. The number of ether oxygens (including phenoxy) is 1. The lowest BCUT2D eigenvalue weighted by molar-refractivity contribution is -0.139. The Morgan fingerprint density at radius 1 is 1.52 bits per heavy atom. The molecule has 1 saturated heterocycles. The van der Waals surface area contributed by atoms with Gasteiger partial charge in [0, 0.05) is 18.7 Å². The highest BCUT2D eigenvalue weighted by molar-refractivity contribution is 5.94. The Kier molecular flexibility index (Phi) is 4.98. The van der Waals surface area contributed by atoms with Gasteiger partial charge in [-0.2, -0.15) is 0 Å². The SMILES string of the molecule is CC1(C)CN(C(=O)c2cccc(CCN)c2)CC(CO)O1. The van der Waals surface area contributed by atoms with Crippen molar-refractivity contribution in [2.24, 2.45) is 5.73 Å². The van der Waals surface area contributed by atoms with Crippen LogP contribution in [0.25, 0.3) is 0 Å². The standard InChI is InChI=1S/C16H24N2O3/c1-16(2)11-18(9-14(10-19)21-16)15(20)13-5-3-4-12(8-13)6-7-17/h3-5,8,14,19H,6-7,9-11,17H2,1-2H3. The Morgan fingerprint density at radius 2 is 2.29 bits per heavy atom. The molecule has 1 heterocycles. The van der Waals surface area contributed by atoms with Crippen molar-refractivity contribution in [1.82, 2.24) is 4.90 Å². The molecule has 0 bridgehead atoms. The molecule has 0 aromatic heterocycles. The summed E-state index contributed by atoms with van der Waals surface area (Å²) in [6, 6.07) is 7.57. The van der Waals surface area contributed by atoms with E-state index in [4.69, 9.17) is 10.5 Å². The first kappa shape index (κ1) is 15.9. The fraction of sp³-hybridized carbons (Fsp3) is 0.562. The molecule has 0 spiro atoms. The number of hydrogen-bond acceptors (Lipinski definition) is 4. The van der Waals surface area contributed by atoms with Crippen molar-refractivity contribution < 1.29 is 14.6 Å². The molecule has 1 atom stereocenters. The summed E-state index contributed by atoms with van der Waals surface area (Å²) in [5.41, 5.74) is 6.84. The Hall–Kier alpha value is -1.43. The zero-order valence-electron chi connectivity index (χ0n) is 12.7. The van der Waals surface area contributed by atoms with Crippen molar-refractivity contribution in [3.05, 3.63) is 35.4 Å². The van der Waals surface area contributed by atoms with E-state index in [2.05, 4.69) is 0 Å². The quantitative estimate of drug-likeness (QED) is 0.860. The van der Waals surface area contributed by atoms with Crippen molar-refractivity contribution in [1.29, 1.82) is 0 Å². The third-order valence-corrected chi connectivity index (χ3v) is 3.58. The molecule has 1 aromatic rings. The summed E-state index contributed by atoms with van der Waals surface area (Å²) >= 11 is 0. The second kappa shape index (κ2) is 6.56. The van der Waals surface area contributed by atoms with E-state index < -0.39 is 5.60 Å². The second-order valence-electron chi connectivity index (χ2n) is 6.11. The maximum absolute atomic E-state index is 12.7. The lowest BCUT2D eigenvalue weighted by atomic mass is 10.0. The molecule has 1 unspecified atom stereocenters. The second-order valence-corrected chi connectivity index (χ2v) is 6.11. The number of morpholine rings is 1. The Labute approximate surface area is 125 Å². The number of benzene rings is 1. The number of nitrogens with zero attached hydrogens (tertiary/aromatic N) is 1. The van der Waals surface area contributed by atoms with Crippen LogP contribution in [-0.2, 0) is 11.2 Å². The molecule has 1 amide bonds. The minimum atomic E-state index is -0.448. The van der Waals surface area contributed by atoms with Gasteiger partial charge in [0.15, 0.2) is 0 Å². The lowest BCUT2D eigenvalue weighted by Crippen LogP contribution is -2.55. The molecule has 116 valence electrons. The Balaban J connectivity index is 2.16. The number of aliphatic hydroxyl groups excluding tert-OH is 1. The third-order valence-electron chi connectivity index (χ3n) is 3.58. The van der Waals surface area contributed by atoms with E-state index >= 15 is 0 Å². The van der Waals surface area contributed by atoms with Crippen molar-refractivity contribution >= 4 is 5.91 Å². The summed E-state index contributed by atoms with van der Waals surface area (Å²) in [6.07, 6.45) is 0.430. The molecule has 0 saturated carbocycles. The zero-order valence-corrected chi connectivity index (χ0v) is 12.7. The summed E-state index contributed by atoms with van der Waals surface area (Å²) < 4.78 is 5.74. The smallest absolute Gasteiger partial charge is 0.254 e. The lowest BCUT2D eigenvalue weighted by Gasteiger charge is -2.42. The first-order valence-electron chi connectivity index (χ1n) is 7.32. The van der Waals surface area contributed by atoms with Crippen LogP contribution in [0.2, 0.25) is 0 Å². The Bertz CT molecular complexity index is 502. The normalized spacial score (nSPS) is 21.3. The van der Waals surface area contributed by atoms with Gasteiger partial charge in [0.1, 0.15) is 0 Å². The molecule has 5 heteroatoms. The fourth-order valence-corrected chi connectivity index (χ4v) is 2.75. The molecule has 5 nitrogen and oxygen atoms in total. The first-order chi connectivity index (χ1) is 9.95. The highest BCUT2D eigenvalue weighted by Gasteiger charge is 2.35. The highest BCUT2D eigenvalue weighted by Crippen LogP contribution is 2.22. The molecule has 3 N–H and O–H groups in total. The van der Waals surface area contributed by atoms with Crippen LogP contribution in [-0.4, -0.2) is 53.9 Å². The van der Waals surface area contributed by atoms with Crippen LogP contribution >= 0.6 is 0 Å². The summed E-state index contributed by atoms with van der Waals surface area (Å²) in [7, 11) is 0. The van der Waals surface area contributed by atoms with Gasteiger partial charge in [-0.25, -0.2) is 0 Å². The molecule has 21 heavy (non-hydrogen) atoms. The maximum atomic E-state index is 12.7. The molecule has 1 aliphatic heterocycles. The number of nitrogens with two attached hydrogens (primary N) is 1. The van der Waals surface area contributed by atoms with Crippen molar-refractivity contribution in [2.75, 3.05) is 26.2 Å². The van der Waals surface area contributed by atoms with Crippen molar-refractivity contribution in [2.45, 2.75) is 32.0 Å². The topological polar surface area (TPSA) is 75.8 Å². The van der Waals surface area contributed by atoms with Crippen LogP contribution in [0.4, 0.5) is 0 Å². The van der Waals surface area contributed by atoms with Crippen molar-refractivity contribution in [3.63, 3.8) is 0 Å². The molecule has 2 rings (SSSR count). The summed E-state index contributed by atoms with van der Waals surface area (Å²) in [4.78, 5) is 14.4. The minimum Gasteiger partial charge on any atom is -0.394 e. The number of hydrogen-bond donors (Lipinski definition) is 2. The molecular weight excluding hydrogens is 268 g/mol. The van der Waals surface area contributed by atoms with Gasteiger partial charge < -0.3 is 20.5 Å². The van der Waals surface area contributed by atoms with E-state index in [0.29, 0.717) is 25.2 Å². The van der Waals surface area contributed by atoms with Crippen LogP contribution in [0.15, 0.2) is 24.3 Å². The number of rotatable bonds is 4. The number of carbonyl (C=O) groups excluding carboxylic acids is 1. The van der Waals surface area contributed by atoms with Gasteiger partial charge in [-0.3, -0.25) is 4.79 Å². The van der Waals surface area contributed by atoms with Gasteiger partial charge >= 0.3 is 0 Å². The van der Waals surface area contributed by atoms with Gasteiger partial charge in [-0.1, -0.05) is 12.1 Å². The summed E-state index contributed by atoms with van der Waals surface area (Å²) in [5, 5.41) is 9.33. The van der Waals surface area contributed by atoms with E-state index in [1.807, 2.05) is 38.1 Å². The van der Waals surface area contributed by atoms with E-state index in [1.165, 1.54) is 0 Å².